The number of carbonyl (C=O) groups is 1. The molecule has 0 heterocycles. The van der Waals surface area contributed by atoms with Crippen LogP contribution < -0.4 is 16.2 Å². The van der Waals surface area contributed by atoms with Gasteiger partial charge in [0.15, 0.2) is 0 Å². The van der Waals surface area contributed by atoms with Gasteiger partial charge in [0.05, 0.1) is 12.8 Å². The third-order valence-electron chi connectivity index (χ3n) is 2.25. The Hall–Kier alpha value is -1.80. The maximum absolute atomic E-state index is 11.2. The first-order chi connectivity index (χ1) is 8.25. The van der Waals surface area contributed by atoms with Crippen LogP contribution in [0.2, 0.25) is 0 Å². The van der Waals surface area contributed by atoms with E-state index in [0.29, 0.717) is 5.69 Å². The summed E-state index contributed by atoms with van der Waals surface area (Å²) in [4.78, 5) is 11.0. The minimum atomic E-state index is -3.84. The van der Waals surface area contributed by atoms with E-state index in [9.17, 15) is 13.2 Å². The van der Waals surface area contributed by atoms with Crippen LogP contribution in [0.5, 0.6) is 0 Å². The molecule has 0 fully saturated rings. The molecular weight excluding hydrogens is 258 g/mol. The number of ether oxygens (including phenoxy) is 1. The number of rotatable bonds is 4. The quantitative estimate of drug-likeness (QED) is 0.519. The fraction of sp³-hybridized carbons (Fsp3) is 0.300. The van der Waals surface area contributed by atoms with Crippen molar-refractivity contribution in [3.63, 3.8) is 0 Å². The van der Waals surface area contributed by atoms with E-state index in [4.69, 9.17) is 10.9 Å². The van der Waals surface area contributed by atoms with Crippen LogP contribution >= 0.6 is 0 Å². The molecule has 0 aromatic heterocycles. The van der Waals surface area contributed by atoms with Gasteiger partial charge in [0.1, 0.15) is 10.9 Å². The molecule has 7 nitrogen and oxygen atoms in total. The van der Waals surface area contributed by atoms with Gasteiger partial charge in [-0.15, -0.1) is 0 Å². The topological polar surface area (TPSA) is 125 Å². The number of esters is 1. The molecule has 0 aliphatic carbocycles. The van der Waals surface area contributed by atoms with Gasteiger partial charge in [-0.3, -0.25) is 0 Å². The zero-order valence-electron chi connectivity index (χ0n) is 10.0. The Kier molecular flexibility index (Phi) is 4.15. The molecule has 0 aliphatic heterocycles. The van der Waals surface area contributed by atoms with Crippen molar-refractivity contribution in [3.05, 3.63) is 18.2 Å². The summed E-state index contributed by atoms with van der Waals surface area (Å²) in [6, 6.07) is 3.56. The number of anilines is 2. The average Bonchev–Trinajstić information content (AvgIpc) is 2.26. The molecule has 1 aromatic carbocycles. The van der Waals surface area contributed by atoms with Crippen molar-refractivity contribution in [2.75, 3.05) is 18.2 Å². The van der Waals surface area contributed by atoms with Crippen LogP contribution in [-0.2, 0) is 19.6 Å². The van der Waals surface area contributed by atoms with E-state index in [1.807, 2.05) is 0 Å². The van der Waals surface area contributed by atoms with Crippen molar-refractivity contribution in [1.29, 1.82) is 0 Å². The molecule has 0 aliphatic rings. The SMILES string of the molecule is COC(=O)C(C)Nc1ccc(S(N)(=O)=O)c(N)c1. The summed E-state index contributed by atoms with van der Waals surface area (Å²) < 4.78 is 26.8. The molecule has 0 spiro atoms. The Bertz CT molecular complexity index is 556. The third kappa shape index (κ3) is 3.34. The van der Waals surface area contributed by atoms with Gasteiger partial charge < -0.3 is 15.8 Å². The number of carbonyl (C=O) groups excluding carboxylic acids is 1. The van der Waals surface area contributed by atoms with Crippen molar-refractivity contribution in [2.24, 2.45) is 5.14 Å². The summed E-state index contributed by atoms with van der Waals surface area (Å²) in [7, 11) is -2.57. The molecule has 0 amide bonds. The number of hydrogen-bond acceptors (Lipinski definition) is 6. The molecule has 8 heteroatoms. The molecule has 0 saturated heterocycles. The second-order valence-corrected chi connectivity index (χ2v) is 5.22. The summed E-state index contributed by atoms with van der Waals surface area (Å²) in [5.74, 6) is -0.441. The Morgan fingerprint density at radius 1 is 1.44 bits per heavy atom. The maximum atomic E-state index is 11.2. The van der Waals surface area contributed by atoms with E-state index < -0.39 is 22.0 Å². The highest BCUT2D eigenvalue weighted by Gasteiger charge is 2.15. The van der Waals surface area contributed by atoms with Crippen LogP contribution in [0.15, 0.2) is 23.1 Å². The lowest BCUT2D eigenvalue weighted by Crippen LogP contribution is -2.27. The van der Waals surface area contributed by atoms with Gasteiger partial charge in [-0.25, -0.2) is 18.4 Å². The zero-order valence-corrected chi connectivity index (χ0v) is 10.8. The van der Waals surface area contributed by atoms with Gasteiger partial charge in [-0.2, -0.15) is 0 Å². The summed E-state index contributed by atoms with van der Waals surface area (Å²) in [6.45, 7) is 1.61. The predicted molar refractivity (Wildman–Crippen MR) is 67.3 cm³/mol. The molecule has 0 saturated carbocycles. The van der Waals surface area contributed by atoms with Crippen LogP contribution in [-0.4, -0.2) is 27.5 Å². The summed E-state index contributed by atoms with van der Waals surface area (Å²) in [5, 5.41) is 7.80. The van der Waals surface area contributed by atoms with E-state index >= 15 is 0 Å². The lowest BCUT2D eigenvalue weighted by Gasteiger charge is -2.14. The number of nitrogen functional groups attached to an aromatic ring is 1. The van der Waals surface area contributed by atoms with Crippen LogP contribution in [0.3, 0.4) is 0 Å². The van der Waals surface area contributed by atoms with E-state index in [-0.39, 0.29) is 10.6 Å². The van der Waals surface area contributed by atoms with Crippen LogP contribution in [0.1, 0.15) is 6.92 Å². The first kappa shape index (κ1) is 14.3. The summed E-state index contributed by atoms with van der Waals surface area (Å²) in [5.41, 5.74) is 6.09. The lowest BCUT2D eigenvalue weighted by atomic mass is 10.2. The Balaban J connectivity index is 2.96. The first-order valence-electron chi connectivity index (χ1n) is 5.02. The molecule has 0 radical (unpaired) electrons. The molecule has 0 bridgehead atoms. The van der Waals surface area contributed by atoms with Gasteiger partial charge in [0.2, 0.25) is 10.0 Å². The van der Waals surface area contributed by atoms with Gasteiger partial charge in [0, 0.05) is 5.69 Å². The first-order valence-corrected chi connectivity index (χ1v) is 6.57. The van der Waals surface area contributed by atoms with Gasteiger partial charge in [0.25, 0.3) is 0 Å². The average molecular weight is 273 g/mol. The molecule has 5 N–H and O–H groups in total. The molecular formula is C10H15N3O4S. The second kappa shape index (κ2) is 5.23. The number of methoxy groups -OCH3 is 1. The zero-order chi connectivity index (χ0) is 13.9. The van der Waals surface area contributed by atoms with Crippen molar-refractivity contribution in [1.82, 2.24) is 0 Å². The normalized spacial score (nSPS) is 12.8. The Morgan fingerprint density at radius 2 is 2.06 bits per heavy atom. The lowest BCUT2D eigenvalue weighted by molar-refractivity contribution is -0.141. The third-order valence-corrected chi connectivity index (χ3v) is 3.24. The minimum Gasteiger partial charge on any atom is -0.467 e. The Morgan fingerprint density at radius 3 is 2.50 bits per heavy atom. The number of benzene rings is 1. The van der Waals surface area contributed by atoms with Crippen molar-refractivity contribution < 1.29 is 17.9 Å². The molecule has 1 rings (SSSR count). The highest BCUT2D eigenvalue weighted by molar-refractivity contribution is 7.89. The van der Waals surface area contributed by atoms with Crippen molar-refractivity contribution in [3.8, 4) is 0 Å². The largest absolute Gasteiger partial charge is 0.467 e. The second-order valence-electron chi connectivity index (χ2n) is 3.69. The molecule has 18 heavy (non-hydrogen) atoms. The van der Waals surface area contributed by atoms with Gasteiger partial charge in [-0.05, 0) is 25.1 Å². The summed E-state index contributed by atoms with van der Waals surface area (Å²) >= 11 is 0. The van der Waals surface area contributed by atoms with Crippen molar-refractivity contribution >= 4 is 27.4 Å². The van der Waals surface area contributed by atoms with E-state index in [1.54, 1.807) is 6.92 Å². The number of nitrogens with one attached hydrogen (secondary N) is 1. The van der Waals surface area contributed by atoms with Crippen LogP contribution in [0.25, 0.3) is 0 Å². The highest BCUT2D eigenvalue weighted by Crippen LogP contribution is 2.21. The Labute approximate surface area is 105 Å². The van der Waals surface area contributed by atoms with Crippen LogP contribution in [0, 0.1) is 0 Å². The van der Waals surface area contributed by atoms with Crippen LogP contribution in [0.4, 0.5) is 11.4 Å². The van der Waals surface area contributed by atoms with Gasteiger partial charge in [-0.1, -0.05) is 0 Å². The highest BCUT2D eigenvalue weighted by atomic mass is 32.2. The predicted octanol–water partition coefficient (Wildman–Crippen LogP) is -0.110. The van der Waals surface area contributed by atoms with E-state index in [1.165, 1.54) is 25.3 Å². The smallest absolute Gasteiger partial charge is 0.327 e. The number of sulfonamides is 1. The molecule has 1 atom stereocenters. The molecule has 1 aromatic rings. The minimum absolute atomic E-state index is 0.0135. The monoisotopic (exact) mass is 273 g/mol. The van der Waals surface area contributed by atoms with Gasteiger partial charge >= 0.3 is 5.97 Å². The standard InChI is InChI=1S/C10H15N3O4S/c1-6(10(14)17-2)13-7-3-4-9(8(11)5-7)18(12,15)16/h3-6,13H,11H2,1-2H3,(H2,12,15,16). The van der Waals surface area contributed by atoms with E-state index in [0.717, 1.165) is 0 Å². The number of hydrogen-bond donors (Lipinski definition) is 3. The number of nitrogens with two attached hydrogens (primary N) is 2. The molecule has 1 unspecified atom stereocenters. The maximum Gasteiger partial charge on any atom is 0.327 e. The van der Waals surface area contributed by atoms with Crippen molar-refractivity contribution in [2.45, 2.75) is 17.9 Å². The fourth-order valence-electron chi connectivity index (χ4n) is 1.38. The number of primary sulfonamides is 1. The summed E-state index contributed by atoms with van der Waals surface area (Å²) in [6.07, 6.45) is 0. The molecule has 100 valence electrons. The van der Waals surface area contributed by atoms with E-state index in [2.05, 4.69) is 10.1 Å². The fourth-order valence-corrected chi connectivity index (χ4v) is 2.03.